The van der Waals surface area contributed by atoms with Crippen molar-refractivity contribution in [3.63, 3.8) is 0 Å². The number of hydrogen-bond acceptors (Lipinski definition) is 3. The first kappa shape index (κ1) is 16.3. The molecule has 1 amide bonds. The summed E-state index contributed by atoms with van der Waals surface area (Å²) in [5, 5.41) is 3.35. The number of nitrogens with zero attached hydrogens (tertiary/aromatic N) is 1. The third-order valence-electron chi connectivity index (χ3n) is 3.86. The fraction of sp³-hybridized carbons (Fsp3) is 0. The Morgan fingerprint density at radius 3 is 2.58 bits per heavy atom. The molecule has 4 aromatic rings. The monoisotopic (exact) mass is 366 g/mol. The lowest BCUT2D eigenvalue weighted by molar-refractivity contribution is 0.102. The maximum Gasteiger partial charge on any atom is 0.255 e. The highest BCUT2D eigenvalue weighted by molar-refractivity contribution is 6.30. The van der Waals surface area contributed by atoms with E-state index in [0.29, 0.717) is 27.4 Å². The molecule has 0 saturated carbocycles. The van der Waals surface area contributed by atoms with E-state index in [0.717, 1.165) is 0 Å². The minimum absolute atomic E-state index is 0.194. The Bertz CT molecular complexity index is 1110. The largest absolute Gasteiger partial charge is 0.436 e. The van der Waals surface area contributed by atoms with Gasteiger partial charge in [0.25, 0.3) is 5.91 Å². The van der Waals surface area contributed by atoms with Gasteiger partial charge in [0.1, 0.15) is 11.3 Å². The van der Waals surface area contributed by atoms with Crippen molar-refractivity contribution in [3.05, 3.63) is 83.1 Å². The predicted molar refractivity (Wildman–Crippen MR) is 98.8 cm³/mol. The van der Waals surface area contributed by atoms with Gasteiger partial charge in [0.15, 0.2) is 5.58 Å². The van der Waals surface area contributed by atoms with E-state index in [1.807, 2.05) is 0 Å². The molecular weight excluding hydrogens is 355 g/mol. The first-order valence-electron chi connectivity index (χ1n) is 7.82. The number of carbonyl (C=O) groups is 1. The zero-order valence-corrected chi connectivity index (χ0v) is 14.1. The van der Waals surface area contributed by atoms with E-state index < -0.39 is 5.82 Å². The minimum Gasteiger partial charge on any atom is -0.436 e. The zero-order valence-electron chi connectivity index (χ0n) is 13.4. The number of rotatable bonds is 3. The van der Waals surface area contributed by atoms with Gasteiger partial charge in [-0.2, -0.15) is 0 Å². The highest BCUT2D eigenvalue weighted by atomic mass is 35.5. The summed E-state index contributed by atoms with van der Waals surface area (Å²) in [5.74, 6) is -0.482. The molecule has 0 aliphatic carbocycles. The van der Waals surface area contributed by atoms with Crippen molar-refractivity contribution in [3.8, 4) is 11.5 Å². The number of carbonyl (C=O) groups excluding carboxylic acids is 1. The van der Waals surface area contributed by atoms with E-state index in [9.17, 15) is 9.18 Å². The average molecular weight is 367 g/mol. The van der Waals surface area contributed by atoms with Gasteiger partial charge in [-0.1, -0.05) is 23.7 Å². The molecule has 1 heterocycles. The van der Waals surface area contributed by atoms with Crippen LogP contribution in [0.2, 0.25) is 5.02 Å². The standard InChI is InChI=1S/C20H12ClFN2O2/c21-13-7-5-12(6-8-13)19(25)23-14-9-10-17-18(11-14)26-20(24-17)15-3-1-2-4-16(15)22/h1-11H,(H,23,25). The molecule has 0 aliphatic rings. The second kappa shape index (κ2) is 6.61. The number of amides is 1. The maximum atomic E-state index is 13.9. The second-order valence-corrected chi connectivity index (χ2v) is 6.08. The van der Waals surface area contributed by atoms with Crippen LogP contribution in [0.1, 0.15) is 10.4 Å². The van der Waals surface area contributed by atoms with Crippen LogP contribution in [0.5, 0.6) is 0 Å². The van der Waals surface area contributed by atoms with Gasteiger partial charge in [-0.15, -0.1) is 0 Å². The van der Waals surface area contributed by atoms with Crippen molar-refractivity contribution in [2.45, 2.75) is 0 Å². The van der Waals surface area contributed by atoms with Gasteiger partial charge in [-0.05, 0) is 48.5 Å². The third kappa shape index (κ3) is 3.17. The molecule has 4 nitrogen and oxygen atoms in total. The topological polar surface area (TPSA) is 55.1 Å². The fourth-order valence-electron chi connectivity index (χ4n) is 2.56. The maximum absolute atomic E-state index is 13.9. The number of oxazole rings is 1. The lowest BCUT2D eigenvalue weighted by Gasteiger charge is -2.05. The number of nitrogens with one attached hydrogen (secondary N) is 1. The van der Waals surface area contributed by atoms with Crippen LogP contribution < -0.4 is 5.32 Å². The summed E-state index contributed by atoms with van der Waals surface area (Å²) in [7, 11) is 0. The van der Waals surface area contributed by atoms with E-state index in [1.54, 1.807) is 60.7 Å². The van der Waals surface area contributed by atoms with Crippen molar-refractivity contribution in [2.24, 2.45) is 0 Å². The Balaban J connectivity index is 1.62. The summed E-state index contributed by atoms with van der Waals surface area (Å²) in [6, 6.07) is 17.9. The smallest absolute Gasteiger partial charge is 0.255 e. The van der Waals surface area contributed by atoms with Crippen LogP contribution in [0, 0.1) is 5.82 Å². The Kier molecular flexibility index (Phi) is 4.14. The van der Waals surface area contributed by atoms with Gasteiger partial charge in [0, 0.05) is 22.3 Å². The van der Waals surface area contributed by atoms with Crippen molar-refractivity contribution >= 4 is 34.3 Å². The molecule has 0 atom stereocenters. The van der Waals surface area contributed by atoms with E-state index in [2.05, 4.69) is 10.3 Å². The molecule has 128 valence electrons. The zero-order chi connectivity index (χ0) is 18.1. The Hall–Kier alpha value is -3.18. The molecule has 0 radical (unpaired) electrons. The van der Waals surface area contributed by atoms with E-state index >= 15 is 0 Å². The molecule has 4 rings (SSSR count). The number of anilines is 1. The number of fused-ring (bicyclic) bond motifs is 1. The summed E-state index contributed by atoms with van der Waals surface area (Å²) in [6.45, 7) is 0. The third-order valence-corrected chi connectivity index (χ3v) is 4.11. The molecule has 1 aromatic heterocycles. The molecule has 1 N–H and O–H groups in total. The minimum atomic E-state index is -0.407. The van der Waals surface area contributed by atoms with Gasteiger partial charge in [0.05, 0.1) is 5.56 Å². The van der Waals surface area contributed by atoms with Gasteiger partial charge in [0.2, 0.25) is 5.89 Å². The molecule has 0 saturated heterocycles. The highest BCUT2D eigenvalue weighted by Gasteiger charge is 2.13. The van der Waals surface area contributed by atoms with Crippen molar-refractivity contribution in [2.75, 3.05) is 5.32 Å². The van der Waals surface area contributed by atoms with Crippen molar-refractivity contribution in [1.29, 1.82) is 0 Å². The van der Waals surface area contributed by atoms with Crippen molar-refractivity contribution < 1.29 is 13.6 Å². The van der Waals surface area contributed by atoms with Crippen LogP contribution in [0.25, 0.3) is 22.6 Å². The lowest BCUT2D eigenvalue weighted by atomic mass is 10.2. The molecule has 3 aromatic carbocycles. The number of halogens is 2. The number of hydrogen-bond donors (Lipinski definition) is 1. The van der Waals surface area contributed by atoms with Gasteiger partial charge in [-0.3, -0.25) is 4.79 Å². The van der Waals surface area contributed by atoms with Crippen LogP contribution in [-0.2, 0) is 0 Å². The first-order valence-corrected chi connectivity index (χ1v) is 8.20. The first-order chi connectivity index (χ1) is 12.6. The molecule has 0 bridgehead atoms. The molecule has 26 heavy (non-hydrogen) atoms. The Labute approximate surface area is 153 Å². The SMILES string of the molecule is O=C(Nc1ccc2nc(-c3ccccc3F)oc2c1)c1ccc(Cl)cc1. The number of benzene rings is 3. The van der Waals surface area contributed by atoms with Gasteiger partial charge in [-0.25, -0.2) is 9.37 Å². The van der Waals surface area contributed by atoms with Crippen LogP contribution >= 0.6 is 11.6 Å². The van der Waals surface area contributed by atoms with Gasteiger partial charge >= 0.3 is 0 Å². The highest BCUT2D eigenvalue weighted by Crippen LogP contribution is 2.28. The lowest BCUT2D eigenvalue weighted by Crippen LogP contribution is -2.11. The summed E-state index contributed by atoms with van der Waals surface area (Å²) in [6.07, 6.45) is 0. The summed E-state index contributed by atoms with van der Waals surface area (Å²) < 4.78 is 19.6. The number of aromatic nitrogens is 1. The molecule has 0 unspecified atom stereocenters. The van der Waals surface area contributed by atoms with Crippen molar-refractivity contribution in [1.82, 2.24) is 4.98 Å². The molecule has 0 aliphatic heterocycles. The van der Waals surface area contributed by atoms with E-state index in [4.69, 9.17) is 16.0 Å². The normalized spacial score (nSPS) is 10.8. The quantitative estimate of drug-likeness (QED) is 0.518. The van der Waals surface area contributed by atoms with E-state index in [-0.39, 0.29) is 17.4 Å². The average Bonchev–Trinajstić information content (AvgIpc) is 3.05. The molecule has 6 heteroatoms. The van der Waals surface area contributed by atoms with Crippen LogP contribution in [0.15, 0.2) is 71.1 Å². The summed E-state index contributed by atoms with van der Waals surface area (Å²) >= 11 is 5.83. The Morgan fingerprint density at radius 2 is 1.81 bits per heavy atom. The molecular formula is C20H12ClFN2O2. The summed E-state index contributed by atoms with van der Waals surface area (Å²) in [5.41, 5.74) is 2.35. The van der Waals surface area contributed by atoms with Crippen LogP contribution in [0.4, 0.5) is 10.1 Å². The predicted octanol–water partition coefficient (Wildman–Crippen LogP) is 5.54. The van der Waals surface area contributed by atoms with Crippen LogP contribution in [0.3, 0.4) is 0 Å². The second-order valence-electron chi connectivity index (χ2n) is 5.64. The summed E-state index contributed by atoms with van der Waals surface area (Å²) in [4.78, 5) is 16.6. The molecule has 0 spiro atoms. The fourth-order valence-corrected chi connectivity index (χ4v) is 2.68. The Morgan fingerprint density at radius 1 is 1.04 bits per heavy atom. The molecule has 0 fully saturated rings. The van der Waals surface area contributed by atoms with Crippen LogP contribution in [-0.4, -0.2) is 10.9 Å². The van der Waals surface area contributed by atoms with E-state index in [1.165, 1.54) is 6.07 Å². The van der Waals surface area contributed by atoms with Gasteiger partial charge < -0.3 is 9.73 Å².